The molecular weight excluding hydrogens is 725 g/mol. The summed E-state index contributed by atoms with van der Waals surface area (Å²) in [4.78, 5) is 30.4. The molecule has 56 heavy (non-hydrogen) atoms. The normalized spacial score (nSPS) is 11.6. The van der Waals surface area contributed by atoms with Gasteiger partial charge in [0.15, 0.2) is 34.9 Å². The summed E-state index contributed by atoms with van der Waals surface area (Å²) in [6, 6.07) is 58.1. The van der Waals surface area contributed by atoms with Gasteiger partial charge in [-0.25, -0.2) is 29.9 Å². The Morgan fingerprint density at radius 3 is 1.20 bits per heavy atom. The van der Waals surface area contributed by atoms with E-state index in [1.807, 2.05) is 78.9 Å². The van der Waals surface area contributed by atoms with Gasteiger partial charge >= 0.3 is 0 Å². The molecule has 0 atom stereocenters. The van der Waals surface area contributed by atoms with Crippen LogP contribution >= 0.6 is 22.7 Å². The van der Waals surface area contributed by atoms with Crippen LogP contribution in [-0.2, 0) is 0 Å². The summed E-state index contributed by atoms with van der Waals surface area (Å²) in [5.41, 5.74) is 5.71. The van der Waals surface area contributed by atoms with E-state index in [0.29, 0.717) is 34.9 Å². The number of fused-ring (bicyclic) bond motifs is 6. The molecular formula is C48H28N6S2. The molecule has 4 aromatic heterocycles. The quantitative estimate of drug-likeness (QED) is 0.168. The van der Waals surface area contributed by atoms with Crippen molar-refractivity contribution in [1.29, 1.82) is 0 Å². The van der Waals surface area contributed by atoms with Crippen LogP contribution < -0.4 is 0 Å². The molecule has 0 N–H and O–H groups in total. The Bertz CT molecular complexity index is 3190. The second-order valence-corrected chi connectivity index (χ2v) is 15.6. The molecule has 0 amide bonds. The van der Waals surface area contributed by atoms with Crippen LogP contribution in [0.4, 0.5) is 0 Å². The van der Waals surface area contributed by atoms with Crippen molar-refractivity contribution < 1.29 is 0 Å². The van der Waals surface area contributed by atoms with Gasteiger partial charge < -0.3 is 0 Å². The van der Waals surface area contributed by atoms with Crippen LogP contribution in [-0.4, -0.2) is 29.9 Å². The lowest BCUT2D eigenvalue weighted by atomic mass is 10.1. The zero-order valence-electron chi connectivity index (χ0n) is 29.7. The summed E-state index contributed by atoms with van der Waals surface area (Å²) in [7, 11) is 0. The number of hydrogen-bond acceptors (Lipinski definition) is 8. The average molecular weight is 753 g/mol. The maximum absolute atomic E-state index is 5.25. The smallest absolute Gasteiger partial charge is 0.165 e. The maximum atomic E-state index is 5.25. The topological polar surface area (TPSA) is 77.3 Å². The third-order valence-corrected chi connectivity index (χ3v) is 12.4. The SMILES string of the molecule is c1ccc(-c2nc(-c3ccccc3)nc(-c3ccc4sc5c(-c6nc(-c7ccccc7)nc(-c7cccc8c7sc7ccccc78)n6)cccc5c4c3)n2)cc1. The fraction of sp³-hybridized carbons (Fsp3) is 0. The second kappa shape index (κ2) is 13.4. The van der Waals surface area contributed by atoms with Crippen LogP contribution in [0.15, 0.2) is 170 Å². The van der Waals surface area contributed by atoms with Gasteiger partial charge in [-0.2, -0.15) is 0 Å². The standard InChI is InChI=1S/C48H28N6S2/c1-4-14-29(15-5-1)43-49-44(30-16-6-2-7-17-30)51-46(50-43)32-26-27-40-38(28-32)35-22-13-24-37(42(35)56-40)48-53-45(31-18-8-3-9-19-31)52-47(54-48)36-23-12-21-34-33-20-10-11-25-39(33)55-41(34)36/h1-28H. The lowest BCUT2D eigenvalue weighted by Crippen LogP contribution is -2.00. The molecule has 8 heteroatoms. The molecule has 0 spiro atoms. The summed E-state index contributed by atoms with van der Waals surface area (Å²) in [6.45, 7) is 0. The fourth-order valence-electron chi connectivity index (χ4n) is 7.31. The number of thiophene rings is 2. The first-order chi connectivity index (χ1) is 27.7. The lowest BCUT2D eigenvalue weighted by Gasteiger charge is -2.10. The third kappa shape index (κ3) is 5.62. The second-order valence-electron chi connectivity index (χ2n) is 13.5. The van der Waals surface area contributed by atoms with Crippen molar-refractivity contribution >= 4 is 63.0 Å². The minimum Gasteiger partial charge on any atom is -0.208 e. The molecule has 0 saturated heterocycles. The predicted octanol–water partition coefficient (Wildman–Crippen LogP) is 12.8. The van der Waals surface area contributed by atoms with Crippen molar-refractivity contribution in [3.63, 3.8) is 0 Å². The summed E-state index contributed by atoms with van der Waals surface area (Å²) in [6.07, 6.45) is 0. The first kappa shape index (κ1) is 32.4. The van der Waals surface area contributed by atoms with Gasteiger partial charge in [0.2, 0.25) is 0 Å². The highest BCUT2D eigenvalue weighted by atomic mass is 32.1. The van der Waals surface area contributed by atoms with Gasteiger partial charge in [0.1, 0.15) is 0 Å². The van der Waals surface area contributed by atoms with E-state index in [9.17, 15) is 0 Å². The number of benzene rings is 7. The summed E-state index contributed by atoms with van der Waals surface area (Å²) in [5, 5.41) is 4.70. The maximum Gasteiger partial charge on any atom is 0.165 e. The molecule has 0 aliphatic carbocycles. The summed E-state index contributed by atoms with van der Waals surface area (Å²) >= 11 is 3.52. The molecule has 4 heterocycles. The number of aromatic nitrogens is 6. The van der Waals surface area contributed by atoms with Crippen LogP contribution in [0.1, 0.15) is 0 Å². The summed E-state index contributed by atoms with van der Waals surface area (Å²) in [5.74, 6) is 3.84. The highest BCUT2D eigenvalue weighted by Gasteiger charge is 2.20. The lowest BCUT2D eigenvalue weighted by molar-refractivity contribution is 1.07. The molecule has 7 aromatic carbocycles. The zero-order valence-corrected chi connectivity index (χ0v) is 31.3. The van der Waals surface area contributed by atoms with Gasteiger partial charge in [0.25, 0.3) is 0 Å². The van der Waals surface area contributed by atoms with Crippen LogP contribution in [0, 0.1) is 0 Å². The van der Waals surface area contributed by atoms with E-state index >= 15 is 0 Å². The minimum absolute atomic E-state index is 0.625. The monoisotopic (exact) mass is 752 g/mol. The largest absolute Gasteiger partial charge is 0.208 e. The molecule has 262 valence electrons. The number of rotatable bonds is 6. The van der Waals surface area contributed by atoms with Crippen LogP contribution in [0.25, 0.3) is 109 Å². The third-order valence-electron chi connectivity index (χ3n) is 10.0. The van der Waals surface area contributed by atoms with Crippen LogP contribution in [0.2, 0.25) is 0 Å². The predicted molar refractivity (Wildman–Crippen MR) is 232 cm³/mol. The zero-order chi connectivity index (χ0) is 37.0. The van der Waals surface area contributed by atoms with Gasteiger partial charge in [-0.15, -0.1) is 22.7 Å². The van der Waals surface area contributed by atoms with Crippen LogP contribution in [0.5, 0.6) is 0 Å². The fourth-order valence-corrected chi connectivity index (χ4v) is 9.71. The molecule has 0 fully saturated rings. The van der Waals surface area contributed by atoms with E-state index in [4.69, 9.17) is 29.9 Å². The highest BCUT2D eigenvalue weighted by molar-refractivity contribution is 7.26. The average Bonchev–Trinajstić information content (AvgIpc) is 3.85. The number of hydrogen-bond donors (Lipinski definition) is 0. The van der Waals surface area contributed by atoms with Gasteiger partial charge in [-0.3, -0.25) is 0 Å². The molecule has 11 rings (SSSR count). The highest BCUT2D eigenvalue weighted by Crippen LogP contribution is 2.43. The van der Waals surface area contributed by atoms with Gasteiger partial charge in [-0.05, 0) is 36.4 Å². The number of nitrogens with zero attached hydrogens (tertiary/aromatic N) is 6. The molecule has 11 aromatic rings. The van der Waals surface area contributed by atoms with Crippen molar-refractivity contribution in [2.24, 2.45) is 0 Å². The Morgan fingerprint density at radius 1 is 0.268 bits per heavy atom. The van der Waals surface area contributed by atoms with E-state index in [2.05, 4.69) is 91.0 Å². The van der Waals surface area contributed by atoms with Crippen molar-refractivity contribution in [3.05, 3.63) is 170 Å². The van der Waals surface area contributed by atoms with E-state index in [-0.39, 0.29) is 0 Å². The first-order valence-electron chi connectivity index (χ1n) is 18.3. The Balaban J connectivity index is 1.08. The Kier molecular flexibility index (Phi) is 7.75. The minimum atomic E-state index is 0.625. The van der Waals surface area contributed by atoms with Gasteiger partial charge in [-0.1, -0.05) is 133 Å². The van der Waals surface area contributed by atoms with Crippen molar-refractivity contribution in [2.75, 3.05) is 0 Å². The molecule has 0 saturated carbocycles. The Hall–Kier alpha value is -7.00. The first-order valence-corrected chi connectivity index (χ1v) is 19.9. The summed E-state index contributed by atoms with van der Waals surface area (Å²) < 4.78 is 4.68. The molecule has 0 unspecified atom stereocenters. The van der Waals surface area contributed by atoms with E-state index in [1.165, 1.54) is 20.2 Å². The van der Waals surface area contributed by atoms with E-state index < -0.39 is 0 Å². The Labute approximate surface area is 329 Å². The van der Waals surface area contributed by atoms with E-state index in [0.717, 1.165) is 53.6 Å². The molecule has 0 aliphatic heterocycles. The Morgan fingerprint density at radius 2 is 0.661 bits per heavy atom. The van der Waals surface area contributed by atoms with E-state index in [1.54, 1.807) is 22.7 Å². The van der Waals surface area contributed by atoms with Crippen molar-refractivity contribution in [2.45, 2.75) is 0 Å². The van der Waals surface area contributed by atoms with Crippen molar-refractivity contribution in [3.8, 4) is 68.3 Å². The van der Waals surface area contributed by atoms with Gasteiger partial charge in [0.05, 0.1) is 0 Å². The van der Waals surface area contributed by atoms with Gasteiger partial charge in [0, 0.05) is 73.7 Å². The molecule has 0 aliphatic rings. The van der Waals surface area contributed by atoms with Crippen LogP contribution in [0.3, 0.4) is 0 Å². The van der Waals surface area contributed by atoms with Crippen molar-refractivity contribution in [1.82, 2.24) is 29.9 Å². The molecule has 0 radical (unpaired) electrons. The molecule has 0 bridgehead atoms. The molecule has 6 nitrogen and oxygen atoms in total.